The summed E-state index contributed by atoms with van der Waals surface area (Å²) in [6.07, 6.45) is 2.47. The Morgan fingerprint density at radius 3 is 3.10 bits per heavy atom. The second kappa shape index (κ2) is 5.64. The van der Waals surface area contributed by atoms with Gasteiger partial charge in [-0.1, -0.05) is 5.16 Å². The van der Waals surface area contributed by atoms with E-state index in [1.807, 2.05) is 0 Å². The molecule has 7 nitrogen and oxygen atoms in total. The summed E-state index contributed by atoms with van der Waals surface area (Å²) < 4.78 is 16.6. The highest BCUT2D eigenvalue weighted by Gasteiger charge is 2.36. The molecule has 116 valence electrons. The molecule has 3 fully saturated rings. The van der Waals surface area contributed by atoms with Gasteiger partial charge in [0.25, 0.3) is 0 Å². The van der Waals surface area contributed by atoms with Crippen molar-refractivity contribution in [3.8, 4) is 0 Å². The summed E-state index contributed by atoms with van der Waals surface area (Å²) in [6.45, 7) is 3.71. The molecule has 4 atom stereocenters. The monoisotopic (exact) mass is 295 g/mol. The van der Waals surface area contributed by atoms with E-state index >= 15 is 0 Å². The minimum atomic E-state index is -0.470. The van der Waals surface area contributed by atoms with E-state index in [1.165, 1.54) is 12.8 Å². The van der Waals surface area contributed by atoms with Gasteiger partial charge in [-0.15, -0.1) is 0 Å². The fraction of sp³-hybridized carbons (Fsp3) is 0.857. The van der Waals surface area contributed by atoms with E-state index < -0.39 is 6.10 Å². The molecule has 0 bridgehead atoms. The molecule has 3 aliphatic rings. The van der Waals surface area contributed by atoms with E-state index in [0.29, 0.717) is 37.4 Å². The highest BCUT2D eigenvalue weighted by Crippen LogP contribution is 2.30. The van der Waals surface area contributed by atoms with Crippen molar-refractivity contribution < 1.29 is 19.1 Å². The number of hydrogen-bond donors (Lipinski definition) is 1. The average Bonchev–Trinajstić information content (AvgIpc) is 3.16. The molecule has 3 saturated heterocycles. The van der Waals surface area contributed by atoms with Crippen LogP contribution in [0.15, 0.2) is 4.52 Å². The Hall–Kier alpha value is -1.02. The molecule has 0 aliphatic carbocycles. The van der Waals surface area contributed by atoms with Crippen molar-refractivity contribution >= 4 is 0 Å². The first kappa shape index (κ1) is 13.6. The zero-order valence-corrected chi connectivity index (χ0v) is 12.0. The van der Waals surface area contributed by atoms with Crippen molar-refractivity contribution in [2.45, 2.75) is 43.4 Å². The second-order valence-corrected chi connectivity index (χ2v) is 6.14. The quantitative estimate of drug-likeness (QED) is 0.849. The van der Waals surface area contributed by atoms with Gasteiger partial charge in [0.1, 0.15) is 6.10 Å². The highest BCUT2D eigenvalue weighted by molar-refractivity contribution is 5.02. The maximum absolute atomic E-state index is 10.0. The first-order chi connectivity index (χ1) is 10.3. The predicted octanol–water partition coefficient (Wildman–Crippen LogP) is 0.470. The molecule has 0 radical (unpaired) electrons. The van der Waals surface area contributed by atoms with Gasteiger partial charge in [-0.05, 0) is 25.8 Å². The summed E-state index contributed by atoms with van der Waals surface area (Å²) in [4.78, 5) is 6.90. The molecule has 1 N–H and O–H groups in total. The average molecular weight is 295 g/mol. The van der Waals surface area contributed by atoms with E-state index in [4.69, 9.17) is 14.0 Å². The SMILES string of the molecule is OC1CCOCC1c1nc(C2CN3CCCC3CO2)no1. The van der Waals surface area contributed by atoms with Crippen LogP contribution in [-0.2, 0) is 9.47 Å². The summed E-state index contributed by atoms with van der Waals surface area (Å²) in [5.41, 5.74) is 0. The number of nitrogens with zero attached hydrogens (tertiary/aromatic N) is 3. The number of morpholine rings is 1. The summed E-state index contributed by atoms with van der Waals surface area (Å²) >= 11 is 0. The first-order valence-corrected chi connectivity index (χ1v) is 7.76. The lowest BCUT2D eigenvalue weighted by Gasteiger charge is -2.33. The van der Waals surface area contributed by atoms with Crippen LogP contribution in [0, 0.1) is 0 Å². The molecule has 0 amide bonds. The molecule has 1 aromatic rings. The molecule has 21 heavy (non-hydrogen) atoms. The normalized spacial score (nSPS) is 37.6. The minimum Gasteiger partial charge on any atom is -0.392 e. The van der Waals surface area contributed by atoms with Crippen LogP contribution in [0.5, 0.6) is 0 Å². The van der Waals surface area contributed by atoms with Crippen molar-refractivity contribution in [1.29, 1.82) is 0 Å². The topological polar surface area (TPSA) is 80.9 Å². The van der Waals surface area contributed by atoms with Crippen LogP contribution >= 0.6 is 0 Å². The smallest absolute Gasteiger partial charge is 0.234 e. The molecule has 7 heteroatoms. The van der Waals surface area contributed by atoms with Crippen molar-refractivity contribution in [3.05, 3.63) is 11.7 Å². The van der Waals surface area contributed by atoms with E-state index in [0.717, 1.165) is 19.7 Å². The molecular weight excluding hydrogens is 274 g/mol. The number of fused-ring (bicyclic) bond motifs is 1. The molecule has 0 saturated carbocycles. The molecule has 4 heterocycles. The number of aliphatic hydroxyl groups is 1. The Kier molecular flexibility index (Phi) is 3.66. The Bertz CT molecular complexity index is 494. The largest absolute Gasteiger partial charge is 0.392 e. The molecular formula is C14H21N3O4. The maximum Gasteiger partial charge on any atom is 0.234 e. The number of ether oxygens (including phenoxy) is 2. The minimum absolute atomic E-state index is 0.126. The van der Waals surface area contributed by atoms with Gasteiger partial charge in [0, 0.05) is 19.2 Å². The fourth-order valence-electron chi connectivity index (χ4n) is 3.46. The Morgan fingerprint density at radius 2 is 2.19 bits per heavy atom. The van der Waals surface area contributed by atoms with Crippen LogP contribution in [0.1, 0.15) is 43.0 Å². The van der Waals surface area contributed by atoms with Gasteiger partial charge in [0.05, 0.1) is 25.2 Å². The van der Waals surface area contributed by atoms with Gasteiger partial charge in [-0.2, -0.15) is 4.98 Å². The standard InChI is InChI=1S/C14H21N3O4/c18-11-3-5-19-8-10(11)14-15-13(16-21-14)12-6-17-4-1-2-9(17)7-20-12/h9-12,18H,1-8H2. The second-order valence-electron chi connectivity index (χ2n) is 6.14. The van der Waals surface area contributed by atoms with Crippen LogP contribution in [0.25, 0.3) is 0 Å². The van der Waals surface area contributed by atoms with Gasteiger partial charge in [0.2, 0.25) is 11.7 Å². The van der Waals surface area contributed by atoms with Gasteiger partial charge in [-0.3, -0.25) is 4.90 Å². The van der Waals surface area contributed by atoms with Gasteiger partial charge in [0.15, 0.2) is 0 Å². The van der Waals surface area contributed by atoms with Gasteiger partial charge >= 0.3 is 0 Å². The predicted molar refractivity (Wildman–Crippen MR) is 71.8 cm³/mol. The summed E-state index contributed by atoms with van der Waals surface area (Å²) in [5, 5.41) is 14.1. The van der Waals surface area contributed by atoms with Crippen LogP contribution in [0.2, 0.25) is 0 Å². The molecule has 4 rings (SSSR count). The number of aliphatic hydroxyl groups excluding tert-OH is 1. The van der Waals surface area contributed by atoms with E-state index in [-0.39, 0.29) is 12.0 Å². The van der Waals surface area contributed by atoms with Crippen LogP contribution in [-0.4, -0.2) is 65.2 Å². The highest BCUT2D eigenvalue weighted by atomic mass is 16.5. The fourth-order valence-corrected chi connectivity index (χ4v) is 3.46. The van der Waals surface area contributed by atoms with Crippen LogP contribution in [0.4, 0.5) is 0 Å². The molecule has 0 aromatic carbocycles. The summed E-state index contributed by atoms with van der Waals surface area (Å²) in [7, 11) is 0. The van der Waals surface area contributed by atoms with Crippen molar-refractivity contribution in [2.24, 2.45) is 0 Å². The Morgan fingerprint density at radius 1 is 1.24 bits per heavy atom. The summed E-state index contributed by atoms with van der Waals surface area (Å²) in [5.74, 6) is 0.834. The molecule has 1 aromatic heterocycles. The lowest BCUT2D eigenvalue weighted by atomic mass is 9.99. The third-order valence-electron chi connectivity index (χ3n) is 4.77. The molecule has 4 unspecified atom stereocenters. The van der Waals surface area contributed by atoms with Crippen molar-refractivity contribution in [1.82, 2.24) is 15.0 Å². The lowest BCUT2D eigenvalue weighted by molar-refractivity contribution is -0.0548. The zero-order chi connectivity index (χ0) is 14.2. The third kappa shape index (κ3) is 2.59. The van der Waals surface area contributed by atoms with Crippen LogP contribution in [0.3, 0.4) is 0 Å². The summed E-state index contributed by atoms with van der Waals surface area (Å²) in [6, 6.07) is 0.557. The molecule has 3 aliphatic heterocycles. The van der Waals surface area contributed by atoms with Gasteiger partial charge < -0.3 is 19.1 Å². The van der Waals surface area contributed by atoms with E-state index in [9.17, 15) is 5.11 Å². The number of rotatable bonds is 2. The number of hydrogen-bond acceptors (Lipinski definition) is 7. The van der Waals surface area contributed by atoms with Crippen molar-refractivity contribution in [2.75, 3.05) is 32.9 Å². The number of aromatic nitrogens is 2. The Balaban J connectivity index is 1.46. The van der Waals surface area contributed by atoms with Gasteiger partial charge in [-0.25, -0.2) is 0 Å². The van der Waals surface area contributed by atoms with E-state index in [1.54, 1.807) is 0 Å². The van der Waals surface area contributed by atoms with Crippen molar-refractivity contribution in [3.63, 3.8) is 0 Å². The first-order valence-electron chi connectivity index (χ1n) is 7.76. The van der Waals surface area contributed by atoms with Crippen LogP contribution < -0.4 is 0 Å². The lowest BCUT2D eigenvalue weighted by Crippen LogP contribution is -2.42. The zero-order valence-electron chi connectivity index (χ0n) is 12.0. The Labute approximate surface area is 123 Å². The third-order valence-corrected chi connectivity index (χ3v) is 4.77. The van der Waals surface area contributed by atoms with E-state index in [2.05, 4.69) is 15.0 Å². The maximum atomic E-state index is 10.0. The molecule has 0 spiro atoms.